The third kappa shape index (κ3) is 5.02. The van der Waals surface area contributed by atoms with Crippen LogP contribution in [0.2, 0.25) is 10.0 Å². The quantitative estimate of drug-likeness (QED) is 0.747. The van der Waals surface area contributed by atoms with Gasteiger partial charge >= 0.3 is 0 Å². The Labute approximate surface area is 118 Å². The fourth-order valence-electron chi connectivity index (χ4n) is 1.52. The van der Waals surface area contributed by atoms with E-state index in [0.717, 1.165) is 25.1 Å². The summed E-state index contributed by atoms with van der Waals surface area (Å²) in [5, 5.41) is 4.43. The van der Waals surface area contributed by atoms with E-state index in [2.05, 4.69) is 12.2 Å². The lowest BCUT2D eigenvalue weighted by molar-refractivity contribution is 0.139. The van der Waals surface area contributed by atoms with E-state index >= 15 is 0 Å². The molecular weight excluding hydrogens is 273 g/mol. The summed E-state index contributed by atoms with van der Waals surface area (Å²) in [6, 6.07) is 3.56. The van der Waals surface area contributed by atoms with Gasteiger partial charge in [-0.05, 0) is 24.6 Å². The molecule has 0 atom stereocenters. The maximum absolute atomic E-state index is 6.14. The van der Waals surface area contributed by atoms with Gasteiger partial charge in [-0.2, -0.15) is 0 Å². The van der Waals surface area contributed by atoms with Crippen molar-refractivity contribution in [3.63, 3.8) is 0 Å². The predicted molar refractivity (Wildman–Crippen MR) is 76.1 cm³/mol. The van der Waals surface area contributed by atoms with Crippen molar-refractivity contribution in [3.8, 4) is 5.75 Å². The predicted octanol–water partition coefficient (Wildman–Crippen LogP) is 3.17. The molecule has 0 unspecified atom stereocenters. The molecule has 102 valence electrons. The van der Waals surface area contributed by atoms with E-state index in [-0.39, 0.29) is 0 Å². The van der Waals surface area contributed by atoms with E-state index in [1.165, 1.54) is 0 Å². The Balaban J connectivity index is 2.40. The van der Waals surface area contributed by atoms with Crippen LogP contribution in [0.5, 0.6) is 5.75 Å². The van der Waals surface area contributed by atoms with Crippen molar-refractivity contribution in [2.24, 2.45) is 0 Å². The minimum atomic E-state index is 0.574. The molecule has 0 aliphatic rings. The smallest absolute Gasteiger partial charge is 0.138 e. The number of methoxy groups -OCH3 is 1. The summed E-state index contributed by atoms with van der Waals surface area (Å²) in [5.41, 5.74) is 0.978. The normalized spacial score (nSPS) is 10.7. The van der Waals surface area contributed by atoms with Crippen molar-refractivity contribution in [1.29, 1.82) is 0 Å². The first kappa shape index (κ1) is 15.6. The Morgan fingerprint density at radius 2 is 1.94 bits per heavy atom. The minimum Gasteiger partial charge on any atom is -0.495 e. The topological polar surface area (TPSA) is 30.5 Å². The molecule has 0 bridgehead atoms. The molecule has 0 saturated heterocycles. The molecule has 18 heavy (non-hydrogen) atoms. The number of benzene rings is 1. The fraction of sp³-hybridized carbons (Fsp3) is 0.538. The van der Waals surface area contributed by atoms with Crippen molar-refractivity contribution < 1.29 is 9.47 Å². The molecule has 0 heterocycles. The van der Waals surface area contributed by atoms with Crippen LogP contribution in [0.3, 0.4) is 0 Å². The number of halogens is 2. The molecule has 1 aromatic carbocycles. The van der Waals surface area contributed by atoms with Gasteiger partial charge in [-0.15, -0.1) is 0 Å². The van der Waals surface area contributed by atoms with E-state index in [0.29, 0.717) is 29.0 Å². The lowest BCUT2D eigenvalue weighted by atomic mass is 10.1. The number of ether oxygens (including phenoxy) is 2. The van der Waals surface area contributed by atoms with Crippen LogP contribution >= 0.6 is 23.2 Å². The first-order valence-electron chi connectivity index (χ1n) is 5.99. The molecule has 0 aromatic heterocycles. The third-order valence-electron chi connectivity index (χ3n) is 2.51. The van der Waals surface area contributed by atoms with Gasteiger partial charge in [0.1, 0.15) is 5.75 Å². The van der Waals surface area contributed by atoms with Crippen LogP contribution in [0.1, 0.15) is 12.5 Å². The van der Waals surface area contributed by atoms with Crippen molar-refractivity contribution in [2.45, 2.75) is 13.3 Å². The average Bonchev–Trinajstić information content (AvgIpc) is 2.37. The molecule has 1 N–H and O–H groups in total. The minimum absolute atomic E-state index is 0.574. The monoisotopic (exact) mass is 291 g/mol. The molecular formula is C13H19Cl2NO2. The van der Waals surface area contributed by atoms with Gasteiger partial charge in [0.05, 0.1) is 25.3 Å². The van der Waals surface area contributed by atoms with Crippen LogP contribution in [0.4, 0.5) is 0 Å². The number of hydrogen-bond donors (Lipinski definition) is 1. The van der Waals surface area contributed by atoms with Gasteiger partial charge in [0.25, 0.3) is 0 Å². The van der Waals surface area contributed by atoms with Gasteiger partial charge in [-0.1, -0.05) is 30.1 Å². The summed E-state index contributed by atoms with van der Waals surface area (Å²) in [5.74, 6) is 0.596. The first-order valence-corrected chi connectivity index (χ1v) is 6.75. The molecule has 0 amide bonds. The van der Waals surface area contributed by atoms with Gasteiger partial charge in [0.2, 0.25) is 0 Å². The molecule has 0 aliphatic heterocycles. The Hall–Kier alpha value is -0.480. The molecule has 0 saturated carbocycles. The largest absolute Gasteiger partial charge is 0.495 e. The Kier molecular flexibility index (Phi) is 7.44. The maximum Gasteiger partial charge on any atom is 0.138 e. The van der Waals surface area contributed by atoms with Crippen LogP contribution in [-0.2, 0) is 11.2 Å². The van der Waals surface area contributed by atoms with Crippen molar-refractivity contribution in [3.05, 3.63) is 27.7 Å². The Morgan fingerprint density at radius 3 is 2.61 bits per heavy atom. The summed E-state index contributed by atoms with van der Waals surface area (Å²) < 4.78 is 10.6. The highest BCUT2D eigenvalue weighted by molar-refractivity contribution is 6.34. The summed E-state index contributed by atoms with van der Waals surface area (Å²) in [6.45, 7) is 5.24. The zero-order valence-corrected chi connectivity index (χ0v) is 12.3. The molecule has 1 aromatic rings. The van der Waals surface area contributed by atoms with Crippen LogP contribution in [0.25, 0.3) is 0 Å². The number of likely N-dealkylation sites (N-methyl/N-ethyl adjacent to an activating group) is 1. The third-order valence-corrected chi connectivity index (χ3v) is 3.16. The van der Waals surface area contributed by atoms with E-state index in [1.54, 1.807) is 13.2 Å². The van der Waals surface area contributed by atoms with Gasteiger partial charge in [-0.25, -0.2) is 0 Å². The number of hydrogen-bond acceptors (Lipinski definition) is 3. The molecule has 1 rings (SSSR count). The van der Waals surface area contributed by atoms with E-state index in [4.69, 9.17) is 32.7 Å². The summed E-state index contributed by atoms with van der Waals surface area (Å²) in [6.07, 6.45) is 0.745. The Bertz CT molecular complexity index is 372. The van der Waals surface area contributed by atoms with Crippen LogP contribution in [0.15, 0.2) is 12.1 Å². The lowest BCUT2D eigenvalue weighted by Gasteiger charge is -2.09. The zero-order valence-electron chi connectivity index (χ0n) is 10.8. The summed E-state index contributed by atoms with van der Waals surface area (Å²) in [7, 11) is 1.57. The highest BCUT2D eigenvalue weighted by Gasteiger charge is 2.07. The molecule has 0 radical (unpaired) electrons. The fourth-order valence-corrected chi connectivity index (χ4v) is 2.03. The second-order valence-electron chi connectivity index (χ2n) is 3.79. The van der Waals surface area contributed by atoms with Crippen molar-refractivity contribution in [2.75, 3.05) is 33.4 Å². The molecule has 0 aliphatic carbocycles. The molecule has 5 heteroatoms. The summed E-state index contributed by atoms with van der Waals surface area (Å²) >= 11 is 12.2. The van der Waals surface area contributed by atoms with Crippen LogP contribution < -0.4 is 10.1 Å². The van der Waals surface area contributed by atoms with Gasteiger partial charge in [0, 0.05) is 17.6 Å². The van der Waals surface area contributed by atoms with E-state index in [9.17, 15) is 0 Å². The van der Waals surface area contributed by atoms with Gasteiger partial charge in [0.15, 0.2) is 0 Å². The number of rotatable bonds is 8. The van der Waals surface area contributed by atoms with Crippen molar-refractivity contribution in [1.82, 2.24) is 5.32 Å². The summed E-state index contributed by atoms with van der Waals surface area (Å²) in [4.78, 5) is 0. The van der Waals surface area contributed by atoms with Gasteiger partial charge in [-0.3, -0.25) is 0 Å². The molecule has 0 fully saturated rings. The maximum atomic E-state index is 6.14. The van der Waals surface area contributed by atoms with Crippen molar-refractivity contribution >= 4 is 23.2 Å². The first-order chi connectivity index (χ1) is 8.69. The highest BCUT2D eigenvalue weighted by atomic mass is 35.5. The molecule has 0 spiro atoms. The van der Waals surface area contributed by atoms with Crippen LogP contribution in [-0.4, -0.2) is 33.4 Å². The molecule has 3 nitrogen and oxygen atoms in total. The van der Waals surface area contributed by atoms with E-state index < -0.39 is 0 Å². The SMILES string of the molecule is CCNCCOCCc1cc(Cl)c(OC)cc1Cl. The zero-order chi connectivity index (χ0) is 13.4. The lowest BCUT2D eigenvalue weighted by Crippen LogP contribution is -2.19. The van der Waals surface area contributed by atoms with Crippen LogP contribution in [0, 0.1) is 0 Å². The van der Waals surface area contributed by atoms with Gasteiger partial charge < -0.3 is 14.8 Å². The Morgan fingerprint density at radius 1 is 1.17 bits per heavy atom. The average molecular weight is 292 g/mol. The van der Waals surface area contributed by atoms with E-state index in [1.807, 2.05) is 6.07 Å². The number of nitrogens with one attached hydrogen (secondary N) is 1. The second-order valence-corrected chi connectivity index (χ2v) is 4.61. The highest BCUT2D eigenvalue weighted by Crippen LogP contribution is 2.31. The standard InChI is InChI=1S/C13H19Cl2NO2/c1-3-16-5-7-18-6-4-10-8-12(15)13(17-2)9-11(10)14/h8-9,16H,3-7H2,1-2H3. The second kappa shape index (κ2) is 8.59.